The number of nitrogens with zero attached hydrogens (tertiary/aromatic N) is 1. The number of benzene rings is 1. The monoisotopic (exact) mass is 261 g/mol. The Bertz CT molecular complexity index is 485. The van der Waals surface area contributed by atoms with Crippen molar-refractivity contribution in [3.8, 4) is 0 Å². The van der Waals surface area contributed by atoms with E-state index in [1.54, 1.807) is 6.08 Å². The Hall–Kier alpha value is -1.52. The van der Waals surface area contributed by atoms with Gasteiger partial charge in [0.25, 0.3) is 0 Å². The van der Waals surface area contributed by atoms with Crippen LogP contribution in [0.4, 0.5) is 0 Å². The van der Waals surface area contributed by atoms with Crippen molar-refractivity contribution >= 4 is 6.08 Å². The van der Waals surface area contributed by atoms with Gasteiger partial charge in [-0.15, -0.1) is 0 Å². The van der Waals surface area contributed by atoms with E-state index in [1.807, 2.05) is 37.3 Å². The van der Waals surface area contributed by atoms with E-state index in [0.29, 0.717) is 19.8 Å². The van der Waals surface area contributed by atoms with Gasteiger partial charge in [-0.25, -0.2) is 4.79 Å². The second-order valence-corrected chi connectivity index (χ2v) is 5.31. The molecule has 0 N–H and O–H groups in total. The summed E-state index contributed by atoms with van der Waals surface area (Å²) in [5.41, 5.74) is 0.685. The van der Waals surface area contributed by atoms with Crippen molar-refractivity contribution in [1.82, 2.24) is 0 Å². The molecule has 3 aliphatic rings. The average molecular weight is 261 g/mol. The number of hydrogen-bond acceptors (Lipinski definition) is 5. The van der Waals surface area contributed by atoms with Gasteiger partial charge in [-0.3, -0.25) is 0 Å². The molecule has 2 bridgehead atoms. The van der Waals surface area contributed by atoms with E-state index >= 15 is 0 Å². The largest absolute Gasteiger partial charge is 0.325 e. The van der Waals surface area contributed by atoms with Crippen molar-refractivity contribution in [2.45, 2.75) is 18.9 Å². The smallest absolute Gasteiger partial charge is 0.312 e. The summed E-state index contributed by atoms with van der Waals surface area (Å²) in [7, 11) is 0. The number of ether oxygens (including phenoxy) is 3. The first-order chi connectivity index (χ1) is 9.18. The summed E-state index contributed by atoms with van der Waals surface area (Å²) in [6, 6.07) is 8.70. The number of carbonyl (C=O) groups excluding carboxylic acids is 1. The van der Waals surface area contributed by atoms with Gasteiger partial charge < -0.3 is 14.2 Å². The molecule has 19 heavy (non-hydrogen) atoms. The minimum absolute atomic E-state index is 0.117. The highest BCUT2D eigenvalue weighted by Crippen LogP contribution is 2.45. The van der Waals surface area contributed by atoms with Gasteiger partial charge >= 0.3 is 5.97 Å². The van der Waals surface area contributed by atoms with E-state index in [4.69, 9.17) is 14.2 Å². The summed E-state index contributed by atoms with van der Waals surface area (Å²) >= 11 is 0. The normalized spacial score (nSPS) is 34.6. The van der Waals surface area contributed by atoms with Crippen LogP contribution in [0.5, 0.6) is 0 Å². The highest BCUT2D eigenvalue weighted by molar-refractivity contribution is 5.36. The van der Waals surface area contributed by atoms with Crippen molar-refractivity contribution in [2.24, 2.45) is 10.4 Å². The Balaban J connectivity index is 1.95. The zero-order valence-corrected chi connectivity index (χ0v) is 10.7. The molecule has 0 saturated carbocycles. The Morgan fingerprint density at radius 3 is 2.26 bits per heavy atom. The lowest BCUT2D eigenvalue weighted by Gasteiger charge is -2.51. The highest BCUT2D eigenvalue weighted by Gasteiger charge is 2.55. The first kappa shape index (κ1) is 12.5. The average Bonchev–Trinajstić information content (AvgIpc) is 2.47. The lowest BCUT2D eigenvalue weighted by atomic mass is 9.90. The van der Waals surface area contributed by atoms with Crippen LogP contribution >= 0.6 is 0 Å². The number of rotatable bonds is 3. The maximum Gasteiger partial charge on any atom is 0.312 e. The SMILES string of the molecule is CC12COC([C@@H](N=C=O)c3ccccc3)(OC1)OC2. The molecule has 5 nitrogen and oxygen atoms in total. The number of isocyanates is 1. The van der Waals surface area contributed by atoms with Gasteiger partial charge in [0.1, 0.15) is 0 Å². The quantitative estimate of drug-likeness (QED) is 0.615. The minimum atomic E-state index is -1.30. The van der Waals surface area contributed by atoms with Crippen LogP contribution < -0.4 is 0 Å². The second kappa shape index (κ2) is 4.54. The summed E-state index contributed by atoms with van der Waals surface area (Å²) in [5, 5.41) is 0. The van der Waals surface area contributed by atoms with Crippen LogP contribution in [0.15, 0.2) is 35.3 Å². The zero-order valence-electron chi connectivity index (χ0n) is 10.7. The lowest BCUT2D eigenvalue weighted by molar-refractivity contribution is -0.473. The van der Waals surface area contributed by atoms with Crippen molar-refractivity contribution in [3.63, 3.8) is 0 Å². The number of hydrogen-bond donors (Lipinski definition) is 0. The van der Waals surface area contributed by atoms with Crippen LogP contribution in [0.25, 0.3) is 0 Å². The predicted molar refractivity (Wildman–Crippen MR) is 66.0 cm³/mol. The van der Waals surface area contributed by atoms with Gasteiger partial charge in [0.2, 0.25) is 6.08 Å². The molecule has 0 unspecified atom stereocenters. The molecule has 3 saturated heterocycles. The maximum absolute atomic E-state index is 10.7. The predicted octanol–water partition coefficient (Wildman–Crippen LogP) is 1.80. The van der Waals surface area contributed by atoms with Crippen molar-refractivity contribution < 1.29 is 19.0 Å². The molecular formula is C14H15NO4. The fraction of sp³-hybridized carbons (Fsp3) is 0.500. The first-order valence-electron chi connectivity index (χ1n) is 6.21. The molecule has 0 spiro atoms. The van der Waals surface area contributed by atoms with E-state index in [9.17, 15) is 4.79 Å². The molecule has 0 aromatic heterocycles. The Morgan fingerprint density at radius 1 is 1.16 bits per heavy atom. The zero-order chi connectivity index (χ0) is 13.3. The number of aliphatic imine (C=N–C) groups is 1. The Labute approximate surface area is 111 Å². The van der Waals surface area contributed by atoms with Crippen molar-refractivity contribution in [1.29, 1.82) is 0 Å². The molecule has 5 heteroatoms. The summed E-state index contributed by atoms with van der Waals surface area (Å²) < 4.78 is 17.2. The molecule has 0 radical (unpaired) electrons. The Morgan fingerprint density at radius 2 is 1.74 bits per heavy atom. The summed E-state index contributed by atoms with van der Waals surface area (Å²) in [4.78, 5) is 14.5. The maximum atomic E-state index is 10.7. The molecule has 0 aliphatic carbocycles. The summed E-state index contributed by atoms with van der Waals surface area (Å²) in [6.07, 6.45) is 1.58. The van der Waals surface area contributed by atoms with Crippen LogP contribution in [0.2, 0.25) is 0 Å². The molecule has 1 aromatic rings. The standard InChI is InChI=1S/C14H15NO4/c1-13-7-17-14(18-8-13,19-9-13)12(15-10-16)11-5-3-2-4-6-11/h2-6,12H,7-9H2,1H3/t12-,13?,14?/m0/s1. The minimum Gasteiger partial charge on any atom is -0.325 e. The molecule has 4 rings (SSSR count). The molecule has 0 amide bonds. The molecule has 1 atom stereocenters. The lowest BCUT2D eigenvalue weighted by Crippen LogP contribution is -2.61. The highest BCUT2D eigenvalue weighted by atomic mass is 16.9. The molecule has 3 aliphatic heterocycles. The van der Waals surface area contributed by atoms with Gasteiger partial charge in [-0.1, -0.05) is 37.3 Å². The summed E-state index contributed by atoms with van der Waals surface area (Å²) in [6.45, 7) is 3.64. The van der Waals surface area contributed by atoms with E-state index < -0.39 is 12.0 Å². The van der Waals surface area contributed by atoms with Crippen LogP contribution in [0, 0.1) is 5.41 Å². The van der Waals surface area contributed by atoms with Crippen LogP contribution in [0.3, 0.4) is 0 Å². The van der Waals surface area contributed by atoms with Gasteiger partial charge in [0.05, 0.1) is 19.8 Å². The van der Waals surface area contributed by atoms with Gasteiger partial charge in [0.15, 0.2) is 6.04 Å². The van der Waals surface area contributed by atoms with E-state index in [1.165, 1.54) is 0 Å². The Kier molecular flexibility index (Phi) is 2.99. The van der Waals surface area contributed by atoms with E-state index in [0.717, 1.165) is 5.56 Å². The molecule has 100 valence electrons. The molecular weight excluding hydrogens is 246 g/mol. The fourth-order valence-electron chi connectivity index (χ4n) is 2.36. The van der Waals surface area contributed by atoms with Crippen LogP contribution in [-0.4, -0.2) is 31.9 Å². The van der Waals surface area contributed by atoms with Gasteiger partial charge in [0, 0.05) is 5.41 Å². The first-order valence-corrected chi connectivity index (χ1v) is 6.21. The second-order valence-electron chi connectivity index (χ2n) is 5.31. The topological polar surface area (TPSA) is 57.1 Å². The van der Waals surface area contributed by atoms with Gasteiger partial charge in [-0.2, -0.15) is 4.99 Å². The number of fused-ring (bicyclic) bond motifs is 3. The van der Waals surface area contributed by atoms with Crippen molar-refractivity contribution in [3.05, 3.63) is 35.9 Å². The fourth-order valence-corrected chi connectivity index (χ4v) is 2.36. The van der Waals surface area contributed by atoms with Crippen LogP contribution in [-0.2, 0) is 19.0 Å². The third-order valence-corrected chi connectivity index (χ3v) is 3.50. The molecule has 3 heterocycles. The third kappa shape index (κ3) is 2.11. The van der Waals surface area contributed by atoms with Crippen LogP contribution in [0.1, 0.15) is 18.5 Å². The third-order valence-electron chi connectivity index (χ3n) is 3.50. The molecule has 1 aromatic carbocycles. The van der Waals surface area contributed by atoms with Crippen molar-refractivity contribution in [2.75, 3.05) is 19.8 Å². The van der Waals surface area contributed by atoms with E-state index in [-0.39, 0.29) is 5.41 Å². The summed E-state index contributed by atoms with van der Waals surface area (Å²) in [5.74, 6) is -1.30. The molecule has 3 fully saturated rings. The van der Waals surface area contributed by atoms with E-state index in [2.05, 4.69) is 4.99 Å². The van der Waals surface area contributed by atoms with Gasteiger partial charge in [-0.05, 0) is 5.56 Å².